The van der Waals surface area contributed by atoms with E-state index < -0.39 is 0 Å². The Hall–Kier alpha value is -1.38. The van der Waals surface area contributed by atoms with Crippen LogP contribution in [0.25, 0.3) is 0 Å². The van der Waals surface area contributed by atoms with Crippen LogP contribution in [0, 0.1) is 13.8 Å². The fourth-order valence-electron chi connectivity index (χ4n) is 2.75. The van der Waals surface area contributed by atoms with Gasteiger partial charge in [-0.15, -0.1) is 10.2 Å². The minimum Gasteiger partial charge on any atom is -0.383 e. The first-order valence-corrected chi connectivity index (χ1v) is 9.68. The molecule has 0 fully saturated rings. The lowest BCUT2D eigenvalue weighted by Gasteiger charge is -2.17. The number of rotatable bonds is 9. The van der Waals surface area contributed by atoms with Crippen molar-refractivity contribution in [3.8, 4) is 0 Å². The Kier molecular flexibility index (Phi) is 6.82. The van der Waals surface area contributed by atoms with Crippen LogP contribution in [0.15, 0.2) is 10.4 Å². The molecule has 0 saturated heterocycles. The van der Waals surface area contributed by atoms with Crippen LogP contribution >= 0.6 is 23.1 Å². The van der Waals surface area contributed by atoms with Crippen LogP contribution < -0.4 is 5.32 Å². The molecule has 0 saturated carbocycles. The van der Waals surface area contributed by atoms with Crippen molar-refractivity contribution < 1.29 is 9.53 Å². The van der Waals surface area contributed by atoms with Gasteiger partial charge in [-0.05, 0) is 33.8 Å². The lowest BCUT2D eigenvalue weighted by atomic mass is 10.2. The van der Waals surface area contributed by atoms with Gasteiger partial charge in [0.1, 0.15) is 0 Å². The van der Waals surface area contributed by atoms with E-state index >= 15 is 0 Å². The number of hydrogen-bond acceptors (Lipinski definition) is 7. The number of carbonyl (C=O) groups is 1. The number of Topliss-reactive ketones (excluding diaryl/α,β-unsaturated/α-hetero) is 1. The van der Waals surface area contributed by atoms with Gasteiger partial charge in [-0.1, -0.05) is 23.1 Å². The van der Waals surface area contributed by atoms with Crippen molar-refractivity contribution in [2.24, 2.45) is 0 Å². The zero-order chi connectivity index (χ0) is 17.7. The molecule has 8 heteroatoms. The molecule has 0 aliphatic rings. The van der Waals surface area contributed by atoms with E-state index in [0.717, 1.165) is 33.0 Å². The number of hydrogen-bond donors (Lipinski definition) is 1. The molecule has 1 N–H and O–H groups in total. The topological polar surface area (TPSA) is 69.0 Å². The van der Waals surface area contributed by atoms with Gasteiger partial charge >= 0.3 is 0 Å². The highest BCUT2D eigenvalue weighted by Crippen LogP contribution is 2.27. The van der Waals surface area contributed by atoms with E-state index in [4.69, 9.17) is 4.74 Å². The van der Waals surface area contributed by atoms with Crippen molar-refractivity contribution in [3.63, 3.8) is 0 Å². The van der Waals surface area contributed by atoms with E-state index in [1.165, 1.54) is 23.1 Å². The predicted molar refractivity (Wildman–Crippen MR) is 99.6 cm³/mol. The molecule has 2 rings (SSSR count). The molecule has 0 amide bonds. The lowest BCUT2D eigenvalue weighted by Crippen LogP contribution is -2.14. The smallest absolute Gasteiger partial charge is 0.206 e. The largest absolute Gasteiger partial charge is 0.383 e. The molecule has 0 aromatic carbocycles. The van der Waals surface area contributed by atoms with Crippen LogP contribution in [-0.4, -0.2) is 46.6 Å². The quantitative estimate of drug-likeness (QED) is 0.539. The minimum absolute atomic E-state index is 0.115. The van der Waals surface area contributed by atoms with E-state index in [-0.39, 0.29) is 11.8 Å². The van der Waals surface area contributed by atoms with Gasteiger partial charge in [0, 0.05) is 30.6 Å². The second-order valence-electron chi connectivity index (χ2n) is 5.57. The number of anilines is 1. The Morgan fingerprint density at radius 1 is 1.46 bits per heavy atom. The number of aromatic nitrogens is 3. The second kappa shape index (κ2) is 8.64. The summed E-state index contributed by atoms with van der Waals surface area (Å²) in [4.78, 5) is 12.6. The predicted octanol–water partition coefficient (Wildman–Crippen LogP) is 3.57. The zero-order valence-electron chi connectivity index (χ0n) is 14.8. The molecule has 0 spiro atoms. The standard InChI is InChI=1S/C16H24N4O2S2/c1-6-17-15-18-19-16(24-15)23-9-14(21)13-7-10(2)20(12(13)4)11(3)8-22-5/h7,11H,6,8-9H2,1-5H3,(H,17,18)/t11-/m1/s1. The number of nitrogens with zero attached hydrogens (tertiary/aromatic N) is 3. The molecule has 0 aliphatic carbocycles. The van der Waals surface area contributed by atoms with Gasteiger partial charge in [0.05, 0.1) is 18.4 Å². The summed E-state index contributed by atoms with van der Waals surface area (Å²) in [6.45, 7) is 9.55. The molecule has 1 atom stereocenters. The molecule has 6 nitrogen and oxygen atoms in total. The van der Waals surface area contributed by atoms with E-state index in [2.05, 4.69) is 27.0 Å². The number of ketones is 1. The highest BCUT2D eigenvalue weighted by atomic mass is 32.2. The summed E-state index contributed by atoms with van der Waals surface area (Å²) in [5.41, 5.74) is 2.85. The maximum atomic E-state index is 12.6. The highest BCUT2D eigenvalue weighted by molar-refractivity contribution is 8.01. The van der Waals surface area contributed by atoms with Crippen molar-refractivity contribution in [1.29, 1.82) is 0 Å². The third kappa shape index (κ3) is 4.37. The number of carbonyl (C=O) groups excluding carboxylic acids is 1. The van der Waals surface area contributed by atoms with Gasteiger partial charge in [-0.3, -0.25) is 4.79 Å². The third-order valence-corrected chi connectivity index (χ3v) is 5.71. The van der Waals surface area contributed by atoms with Crippen molar-refractivity contribution in [3.05, 3.63) is 23.0 Å². The van der Waals surface area contributed by atoms with Gasteiger partial charge in [0.25, 0.3) is 0 Å². The number of methoxy groups -OCH3 is 1. The van der Waals surface area contributed by atoms with E-state index in [0.29, 0.717) is 12.4 Å². The SMILES string of the molecule is CCNc1nnc(SCC(=O)c2cc(C)n([C@H](C)COC)c2C)s1. The van der Waals surface area contributed by atoms with Crippen molar-refractivity contribution in [2.75, 3.05) is 31.3 Å². The maximum absolute atomic E-state index is 12.6. The summed E-state index contributed by atoms with van der Waals surface area (Å²) < 4.78 is 8.20. The Morgan fingerprint density at radius 3 is 2.88 bits per heavy atom. The summed E-state index contributed by atoms with van der Waals surface area (Å²) in [5, 5.41) is 12.1. The van der Waals surface area contributed by atoms with Gasteiger partial charge in [0.2, 0.25) is 5.13 Å². The van der Waals surface area contributed by atoms with Crippen LogP contribution in [0.3, 0.4) is 0 Å². The van der Waals surface area contributed by atoms with Crippen LogP contribution in [-0.2, 0) is 4.74 Å². The Labute approximate surface area is 151 Å². The molecular formula is C16H24N4O2S2. The van der Waals surface area contributed by atoms with Crippen LogP contribution in [0.1, 0.15) is 41.6 Å². The third-order valence-electron chi connectivity index (χ3n) is 3.69. The Bertz CT molecular complexity index is 696. The minimum atomic E-state index is 0.115. The molecule has 0 radical (unpaired) electrons. The second-order valence-corrected chi connectivity index (χ2v) is 7.77. The van der Waals surface area contributed by atoms with Gasteiger partial charge < -0.3 is 14.6 Å². The van der Waals surface area contributed by atoms with Crippen molar-refractivity contribution in [2.45, 2.75) is 38.1 Å². The molecule has 0 aliphatic heterocycles. The number of aryl methyl sites for hydroxylation is 1. The first kappa shape index (κ1) is 19.0. The van der Waals surface area contributed by atoms with Crippen LogP contribution in [0.4, 0.5) is 5.13 Å². The number of nitrogens with one attached hydrogen (secondary N) is 1. The van der Waals surface area contributed by atoms with E-state index in [1.54, 1.807) is 7.11 Å². The molecule has 2 aromatic rings. The fraction of sp³-hybridized carbons (Fsp3) is 0.562. The summed E-state index contributed by atoms with van der Waals surface area (Å²) in [6, 6.07) is 2.17. The summed E-state index contributed by atoms with van der Waals surface area (Å²) in [5.74, 6) is 0.480. The van der Waals surface area contributed by atoms with Crippen LogP contribution in [0.5, 0.6) is 0 Å². The Morgan fingerprint density at radius 2 is 2.21 bits per heavy atom. The molecule has 0 bridgehead atoms. The first-order valence-electron chi connectivity index (χ1n) is 7.88. The summed E-state index contributed by atoms with van der Waals surface area (Å²) in [7, 11) is 1.69. The Balaban J connectivity index is 2.05. The van der Waals surface area contributed by atoms with Gasteiger partial charge in [-0.2, -0.15) is 0 Å². The fourth-order valence-corrected chi connectivity index (χ4v) is 4.45. The molecular weight excluding hydrogens is 344 g/mol. The monoisotopic (exact) mass is 368 g/mol. The molecule has 0 unspecified atom stereocenters. The van der Waals surface area contributed by atoms with Gasteiger partial charge in [-0.25, -0.2) is 0 Å². The normalized spacial score (nSPS) is 12.4. The zero-order valence-corrected chi connectivity index (χ0v) is 16.4. The summed E-state index contributed by atoms with van der Waals surface area (Å²) >= 11 is 2.91. The van der Waals surface area contributed by atoms with E-state index in [1.807, 2.05) is 26.8 Å². The van der Waals surface area contributed by atoms with Crippen molar-refractivity contribution >= 4 is 34.0 Å². The number of thioether (sulfide) groups is 1. The molecule has 2 aromatic heterocycles. The summed E-state index contributed by atoms with van der Waals surface area (Å²) in [6.07, 6.45) is 0. The van der Waals surface area contributed by atoms with Crippen LogP contribution in [0.2, 0.25) is 0 Å². The number of ether oxygens (including phenoxy) is 1. The lowest BCUT2D eigenvalue weighted by molar-refractivity contribution is 0.102. The van der Waals surface area contributed by atoms with Gasteiger partial charge in [0.15, 0.2) is 10.1 Å². The highest BCUT2D eigenvalue weighted by Gasteiger charge is 2.19. The molecule has 2 heterocycles. The maximum Gasteiger partial charge on any atom is 0.206 e. The first-order chi connectivity index (χ1) is 11.5. The average Bonchev–Trinajstić information content (AvgIpc) is 3.10. The van der Waals surface area contributed by atoms with Crippen molar-refractivity contribution in [1.82, 2.24) is 14.8 Å². The molecule has 24 heavy (non-hydrogen) atoms. The molecule has 132 valence electrons. The average molecular weight is 369 g/mol. The van der Waals surface area contributed by atoms with E-state index in [9.17, 15) is 4.79 Å².